The topological polar surface area (TPSA) is 49.8 Å². The molecule has 2 heterocycles. The molecule has 0 bridgehead atoms. The second kappa shape index (κ2) is 6.15. The van der Waals surface area contributed by atoms with Crippen LogP contribution in [0, 0.1) is 6.92 Å². The molecular formula is C17H18N4S. The fourth-order valence-corrected chi connectivity index (χ4v) is 3.19. The number of fused-ring (bicyclic) bond motifs is 1. The molecule has 0 aliphatic rings. The standard InChI is InChI=1S/C17H18N4S/c1-4-11(2)20-21-16-14-10-15(13-8-6-5-7-9-13)22-17(14)19-12(3)18-16/h5-10,20H,2,4H2,1,3H3,(H,18,19,21). The zero-order valence-corrected chi connectivity index (χ0v) is 13.5. The third-order valence-corrected chi connectivity index (χ3v) is 4.43. The molecule has 2 N–H and O–H groups in total. The van der Waals surface area contributed by atoms with Gasteiger partial charge in [-0.25, -0.2) is 9.97 Å². The highest BCUT2D eigenvalue weighted by Crippen LogP contribution is 2.35. The van der Waals surface area contributed by atoms with Crippen LogP contribution in [0.25, 0.3) is 20.7 Å². The number of hydrogen-bond donors (Lipinski definition) is 2. The molecule has 0 unspecified atom stereocenters. The van der Waals surface area contributed by atoms with E-state index < -0.39 is 0 Å². The molecule has 0 aliphatic carbocycles. The summed E-state index contributed by atoms with van der Waals surface area (Å²) >= 11 is 1.68. The molecule has 3 aromatic rings. The molecule has 5 heteroatoms. The number of thiophene rings is 1. The number of rotatable bonds is 5. The Hall–Kier alpha value is -2.40. The van der Waals surface area contributed by atoms with E-state index >= 15 is 0 Å². The molecule has 2 aromatic heterocycles. The Morgan fingerprint density at radius 3 is 2.73 bits per heavy atom. The van der Waals surface area contributed by atoms with Crippen molar-refractivity contribution in [1.29, 1.82) is 0 Å². The molecule has 0 fully saturated rings. The predicted octanol–water partition coefficient (Wildman–Crippen LogP) is 4.51. The normalized spacial score (nSPS) is 10.6. The summed E-state index contributed by atoms with van der Waals surface area (Å²) in [5.74, 6) is 1.54. The Bertz CT molecular complexity index is 808. The summed E-state index contributed by atoms with van der Waals surface area (Å²) in [5.41, 5.74) is 8.35. The Morgan fingerprint density at radius 1 is 1.23 bits per heavy atom. The van der Waals surface area contributed by atoms with Crippen LogP contribution < -0.4 is 10.9 Å². The lowest BCUT2D eigenvalue weighted by atomic mass is 10.2. The molecule has 0 atom stereocenters. The van der Waals surface area contributed by atoms with E-state index in [1.165, 1.54) is 10.4 Å². The average molecular weight is 310 g/mol. The fourth-order valence-electron chi connectivity index (χ4n) is 2.10. The van der Waals surface area contributed by atoms with Crippen molar-refractivity contribution in [1.82, 2.24) is 15.4 Å². The molecule has 4 nitrogen and oxygen atoms in total. The van der Waals surface area contributed by atoms with E-state index in [4.69, 9.17) is 0 Å². The molecule has 0 spiro atoms. The lowest BCUT2D eigenvalue weighted by Gasteiger charge is -2.10. The van der Waals surface area contributed by atoms with Gasteiger partial charge in [0.05, 0.1) is 5.39 Å². The fraction of sp³-hybridized carbons (Fsp3) is 0.176. The quantitative estimate of drug-likeness (QED) is 0.681. The summed E-state index contributed by atoms with van der Waals surface area (Å²) in [6.07, 6.45) is 0.860. The molecule has 1 aromatic carbocycles. The van der Waals surface area contributed by atoms with Crippen LogP contribution in [0.4, 0.5) is 5.82 Å². The summed E-state index contributed by atoms with van der Waals surface area (Å²) in [6, 6.07) is 12.5. The van der Waals surface area contributed by atoms with Crippen LogP contribution in [0.3, 0.4) is 0 Å². The van der Waals surface area contributed by atoms with Gasteiger partial charge >= 0.3 is 0 Å². The summed E-state index contributed by atoms with van der Waals surface area (Å²) in [7, 11) is 0. The van der Waals surface area contributed by atoms with Crippen molar-refractivity contribution >= 4 is 27.4 Å². The molecule has 0 saturated heterocycles. The molecule has 3 rings (SSSR count). The lowest BCUT2D eigenvalue weighted by molar-refractivity contribution is 0.880. The van der Waals surface area contributed by atoms with Gasteiger partial charge in [-0.1, -0.05) is 43.8 Å². The number of nitrogens with one attached hydrogen (secondary N) is 2. The van der Waals surface area contributed by atoms with Gasteiger partial charge in [0.25, 0.3) is 0 Å². The highest BCUT2D eigenvalue weighted by atomic mass is 32.1. The molecule has 0 aliphatic heterocycles. The zero-order chi connectivity index (χ0) is 15.5. The van der Waals surface area contributed by atoms with Crippen molar-refractivity contribution in [2.24, 2.45) is 0 Å². The first-order chi connectivity index (χ1) is 10.7. The van der Waals surface area contributed by atoms with E-state index in [1.54, 1.807) is 11.3 Å². The number of anilines is 1. The largest absolute Gasteiger partial charge is 0.304 e. The van der Waals surface area contributed by atoms with Gasteiger partial charge in [-0.2, -0.15) is 0 Å². The van der Waals surface area contributed by atoms with Crippen LogP contribution >= 0.6 is 11.3 Å². The second-order valence-electron chi connectivity index (χ2n) is 5.02. The average Bonchev–Trinajstić information content (AvgIpc) is 2.97. The maximum absolute atomic E-state index is 4.55. The number of hydrazine groups is 1. The number of aromatic nitrogens is 2. The zero-order valence-electron chi connectivity index (χ0n) is 12.7. The summed E-state index contributed by atoms with van der Waals surface area (Å²) in [5, 5.41) is 1.02. The number of aryl methyl sites for hydroxylation is 1. The van der Waals surface area contributed by atoms with Crippen molar-refractivity contribution in [2.75, 3.05) is 5.43 Å². The Morgan fingerprint density at radius 2 is 2.00 bits per heavy atom. The van der Waals surface area contributed by atoms with E-state index in [9.17, 15) is 0 Å². The van der Waals surface area contributed by atoms with Crippen molar-refractivity contribution in [3.8, 4) is 10.4 Å². The van der Waals surface area contributed by atoms with Gasteiger partial charge in [-0.05, 0) is 25.0 Å². The van der Waals surface area contributed by atoms with Crippen LogP contribution in [0.15, 0.2) is 48.7 Å². The number of nitrogens with zero attached hydrogens (tertiary/aromatic N) is 2. The third kappa shape index (κ3) is 2.94. The van der Waals surface area contributed by atoms with Gasteiger partial charge < -0.3 is 5.43 Å². The van der Waals surface area contributed by atoms with Crippen molar-refractivity contribution in [3.05, 3.63) is 54.5 Å². The van der Waals surface area contributed by atoms with Crippen LogP contribution in [-0.4, -0.2) is 9.97 Å². The molecular weight excluding hydrogens is 292 g/mol. The van der Waals surface area contributed by atoms with Gasteiger partial charge in [0, 0.05) is 10.6 Å². The van der Waals surface area contributed by atoms with Crippen molar-refractivity contribution in [2.45, 2.75) is 20.3 Å². The lowest BCUT2D eigenvalue weighted by Crippen LogP contribution is -2.21. The number of benzene rings is 1. The van der Waals surface area contributed by atoms with E-state index in [1.807, 2.05) is 25.1 Å². The number of allylic oxidation sites excluding steroid dienone is 1. The van der Waals surface area contributed by atoms with Crippen molar-refractivity contribution in [3.63, 3.8) is 0 Å². The second-order valence-corrected chi connectivity index (χ2v) is 6.05. The Labute approximate surface area is 133 Å². The molecule has 0 amide bonds. The first kappa shape index (κ1) is 14.5. The van der Waals surface area contributed by atoms with E-state index in [0.29, 0.717) is 0 Å². The van der Waals surface area contributed by atoms with Crippen molar-refractivity contribution < 1.29 is 0 Å². The monoisotopic (exact) mass is 310 g/mol. The molecule has 0 radical (unpaired) electrons. The van der Waals surface area contributed by atoms with Crippen LogP contribution in [-0.2, 0) is 0 Å². The summed E-state index contributed by atoms with van der Waals surface area (Å²) in [6.45, 7) is 7.88. The predicted molar refractivity (Wildman–Crippen MR) is 93.8 cm³/mol. The minimum atomic E-state index is 0.750. The maximum Gasteiger partial charge on any atom is 0.156 e. The van der Waals surface area contributed by atoms with Crippen LogP contribution in [0.2, 0.25) is 0 Å². The van der Waals surface area contributed by atoms with E-state index in [-0.39, 0.29) is 0 Å². The number of hydrogen-bond acceptors (Lipinski definition) is 5. The van der Waals surface area contributed by atoms with Crippen LogP contribution in [0.5, 0.6) is 0 Å². The Kier molecular flexibility index (Phi) is 4.06. The van der Waals surface area contributed by atoms with E-state index in [0.717, 1.165) is 34.0 Å². The first-order valence-electron chi connectivity index (χ1n) is 7.20. The first-order valence-corrected chi connectivity index (χ1v) is 8.02. The summed E-state index contributed by atoms with van der Waals surface area (Å²) < 4.78 is 0. The Balaban J connectivity index is 2.01. The van der Waals surface area contributed by atoms with Gasteiger partial charge in [-0.3, -0.25) is 5.43 Å². The molecule has 112 valence electrons. The smallest absolute Gasteiger partial charge is 0.156 e. The highest BCUT2D eigenvalue weighted by Gasteiger charge is 2.11. The van der Waals surface area contributed by atoms with E-state index in [2.05, 4.69) is 52.5 Å². The highest BCUT2D eigenvalue weighted by molar-refractivity contribution is 7.21. The molecule has 0 saturated carbocycles. The SMILES string of the molecule is C=C(CC)NNc1nc(C)nc2sc(-c3ccccc3)cc12. The molecule has 22 heavy (non-hydrogen) atoms. The van der Waals surface area contributed by atoms with Gasteiger partial charge in [0.1, 0.15) is 10.7 Å². The van der Waals surface area contributed by atoms with Gasteiger partial charge in [0.15, 0.2) is 5.82 Å². The third-order valence-electron chi connectivity index (χ3n) is 3.35. The maximum atomic E-state index is 4.55. The summed E-state index contributed by atoms with van der Waals surface area (Å²) in [4.78, 5) is 11.2. The van der Waals surface area contributed by atoms with Gasteiger partial charge in [0.2, 0.25) is 0 Å². The minimum Gasteiger partial charge on any atom is -0.304 e. The van der Waals surface area contributed by atoms with Crippen LogP contribution in [0.1, 0.15) is 19.2 Å². The van der Waals surface area contributed by atoms with Gasteiger partial charge in [-0.15, -0.1) is 11.3 Å². The minimum absolute atomic E-state index is 0.750.